The highest BCUT2D eigenvalue weighted by Gasteiger charge is 2.16. The largest absolute Gasteiger partial charge is 0.355 e. The molecule has 0 amide bonds. The zero-order chi connectivity index (χ0) is 11.7. The molecule has 0 saturated heterocycles. The van der Waals surface area contributed by atoms with Gasteiger partial charge in [-0.3, -0.25) is 0 Å². The van der Waals surface area contributed by atoms with Gasteiger partial charge in [-0.15, -0.1) is 0 Å². The van der Waals surface area contributed by atoms with Crippen molar-refractivity contribution >= 4 is 11.3 Å². The third kappa shape index (κ3) is 1.66. The summed E-state index contributed by atoms with van der Waals surface area (Å²) in [5.74, 6) is 0. The minimum atomic E-state index is 0.744. The van der Waals surface area contributed by atoms with Gasteiger partial charge in [0, 0.05) is 16.9 Å². The average Bonchev–Trinajstić information content (AvgIpc) is 2.54. The Morgan fingerprint density at radius 3 is 3.00 bits per heavy atom. The summed E-state index contributed by atoms with van der Waals surface area (Å²) in [6, 6.07) is 10.2. The SMILES string of the molecule is N#CC1=CC2=C(C=CCC2)Nc2ccccc21. The molecule has 1 aliphatic carbocycles. The van der Waals surface area contributed by atoms with Gasteiger partial charge in [0.05, 0.1) is 11.6 Å². The van der Waals surface area contributed by atoms with Gasteiger partial charge in [-0.1, -0.05) is 24.3 Å². The van der Waals surface area contributed by atoms with E-state index in [0.717, 1.165) is 35.4 Å². The lowest BCUT2D eigenvalue weighted by Crippen LogP contribution is -2.02. The fourth-order valence-electron chi connectivity index (χ4n) is 2.27. The zero-order valence-corrected chi connectivity index (χ0v) is 9.40. The number of rotatable bonds is 0. The maximum absolute atomic E-state index is 9.27. The number of hydrogen-bond acceptors (Lipinski definition) is 2. The highest BCUT2D eigenvalue weighted by Crippen LogP contribution is 2.33. The van der Waals surface area contributed by atoms with Gasteiger partial charge in [0.1, 0.15) is 0 Å². The number of benzene rings is 1. The molecule has 0 unspecified atom stereocenters. The molecule has 0 saturated carbocycles. The molecule has 2 aliphatic rings. The monoisotopic (exact) mass is 220 g/mol. The predicted molar refractivity (Wildman–Crippen MR) is 69.1 cm³/mol. The third-order valence-electron chi connectivity index (χ3n) is 3.14. The second-order valence-corrected chi connectivity index (χ2v) is 4.22. The summed E-state index contributed by atoms with van der Waals surface area (Å²) >= 11 is 0. The quantitative estimate of drug-likeness (QED) is 0.724. The maximum Gasteiger partial charge on any atom is 0.0998 e. The minimum Gasteiger partial charge on any atom is -0.355 e. The first-order valence-electron chi connectivity index (χ1n) is 5.76. The van der Waals surface area contributed by atoms with E-state index in [-0.39, 0.29) is 0 Å². The van der Waals surface area contributed by atoms with E-state index in [0.29, 0.717) is 0 Å². The van der Waals surface area contributed by atoms with Crippen LogP contribution in [0.5, 0.6) is 0 Å². The van der Waals surface area contributed by atoms with Crippen LogP contribution < -0.4 is 5.32 Å². The fourth-order valence-corrected chi connectivity index (χ4v) is 2.27. The second-order valence-electron chi connectivity index (χ2n) is 4.22. The molecule has 17 heavy (non-hydrogen) atoms. The van der Waals surface area contributed by atoms with Crippen LogP contribution in [0.25, 0.3) is 5.57 Å². The van der Waals surface area contributed by atoms with Crippen molar-refractivity contribution in [3.8, 4) is 6.07 Å². The molecule has 2 heteroatoms. The lowest BCUT2D eigenvalue weighted by Gasteiger charge is -2.13. The van der Waals surface area contributed by atoms with Crippen LogP contribution in [-0.2, 0) is 0 Å². The molecule has 0 fully saturated rings. The summed E-state index contributed by atoms with van der Waals surface area (Å²) in [7, 11) is 0. The Morgan fingerprint density at radius 2 is 2.12 bits per heavy atom. The van der Waals surface area contributed by atoms with Crippen molar-refractivity contribution in [2.75, 3.05) is 5.32 Å². The number of anilines is 1. The summed E-state index contributed by atoms with van der Waals surface area (Å²) in [5, 5.41) is 12.7. The molecule has 0 aromatic heterocycles. The molecule has 0 radical (unpaired) electrons. The first-order valence-corrected chi connectivity index (χ1v) is 5.76. The summed E-state index contributed by atoms with van der Waals surface area (Å²) in [5.41, 5.74) is 5.08. The lowest BCUT2D eigenvalue weighted by atomic mass is 9.99. The Morgan fingerprint density at radius 1 is 1.24 bits per heavy atom. The Labute approximate surface area is 101 Å². The van der Waals surface area contributed by atoms with Crippen molar-refractivity contribution < 1.29 is 0 Å². The van der Waals surface area contributed by atoms with E-state index in [1.165, 1.54) is 5.57 Å². The smallest absolute Gasteiger partial charge is 0.0998 e. The number of nitrogens with zero attached hydrogens (tertiary/aromatic N) is 1. The molecule has 0 spiro atoms. The minimum absolute atomic E-state index is 0.744. The van der Waals surface area contributed by atoms with Crippen molar-refractivity contribution in [1.82, 2.24) is 0 Å². The first kappa shape index (κ1) is 9.92. The number of allylic oxidation sites excluding steroid dienone is 5. The molecule has 2 nitrogen and oxygen atoms in total. The van der Waals surface area contributed by atoms with Crippen molar-refractivity contribution in [2.45, 2.75) is 12.8 Å². The van der Waals surface area contributed by atoms with E-state index in [4.69, 9.17) is 0 Å². The summed E-state index contributed by atoms with van der Waals surface area (Å²) in [4.78, 5) is 0. The standard InChI is InChI=1S/C15H12N2/c16-10-12-9-11-5-1-3-7-14(11)17-15-8-4-2-6-13(12)15/h2-4,6-9,17H,1,5H2. The number of para-hydroxylation sites is 1. The van der Waals surface area contributed by atoms with E-state index in [9.17, 15) is 5.26 Å². The Hall–Kier alpha value is -2.27. The van der Waals surface area contributed by atoms with Gasteiger partial charge in [0.15, 0.2) is 0 Å². The highest BCUT2D eigenvalue weighted by molar-refractivity contribution is 5.88. The van der Waals surface area contributed by atoms with Crippen LogP contribution in [0.3, 0.4) is 0 Å². The van der Waals surface area contributed by atoms with Gasteiger partial charge in [-0.2, -0.15) is 5.26 Å². The van der Waals surface area contributed by atoms with E-state index in [1.807, 2.05) is 30.3 Å². The van der Waals surface area contributed by atoms with Crippen molar-refractivity contribution in [3.05, 3.63) is 59.3 Å². The molecular formula is C15H12N2. The topological polar surface area (TPSA) is 35.8 Å². The van der Waals surface area contributed by atoms with Crippen LogP contribution in [0, 0.1) is 11.3 Å². The molecule has 1 aliphatic heterocycles. The fraction of sp³-hybridized carbons (Fsp3) is 0.133. The number of hydrogen-bond donors (Lipinski definition) is 1. The normalized spacial score (nSPS) is 17.2. The van der Waals surface area contributed by atoms with Crippen LogP contribution in [0.1, 0.15) is 18.4 Å². The molecular weight excluding hydrogens is 208 g/mol. The van der Waals surface area contributed by atoms with Crippen molar-refractivity contribution in [2.24, 2.45) is 0 Å². The molecule has 1 N–H and O–H groups in total. The average molecular weight is 220 g/mol. The summed E-state index contributed by atoms with van der Waals surface area (Å²) < 4.78 is 0. The summed E-state index contributed by atoms with van der Waals surface area (Å²) in [6.07, 6.45) is 8.33. The molecule has 1 aromatic rings. The van der Waals surface area contributed by atoms with Gasteiger partial charge in [0.25, 0.3) is 0 Å². The number of nitriles is 1. The van der Waals surface area contributed by atoms with Crippen LogP contribution >= 0.6 is 0 Å². The van der Waals surface area contributed by atoms with E-state index in [2.05, 4.69) is 23.5 Å². The number of nitrogens with one attached hydrogen (secondary N) is 1. The van der Waals surface area contributed by atoms with Gasteiger partial charge < -0.3 is 5.32 Å². The van der Waals surface area contributed by atoms with Gasteiger partial charge >= 0.3 is 0 Å². The Balaban J connectivity index is 2.21. The maximum atomic E-state index is 9.27. The van der Waals surface area contributed by atoms with Crippen LogP contribution in [0.4, 0.5) is 5.69 Å². The lowest BCUT2D eigenvalue weighted by molar-refractivity contribution is 0.973. The summed E-state index contributed by atoms with van der Waals surface area (Å²) in [6.45, 7) is 0. The van der Waals surface area contributed by atoms with Crippen LogP contribution in [0.15, 0.2) is 53.8 Å². The number of fused-ring (bicyclic) bond motifs is 1. The van der Waals surface area contributed by atoms with E-state index < -0.39 is 0 Å². The molecule has 0 bridgehead atoms. The predicted octanol–water partition coefficient (Wildman–Crippen LogP) is 3.62. The van der Waals surface area contributed by atoms with Gasteiger partial charge in [-0.05, 0) is 36.6 Å². The second kappa shape index (κ2) is 3.95. The van der Waals surface area contributed by atoms with Crippen molar-refractivity contribution in [1.29, 1.82) is 5.26 Å². The van der Waals surface area contributed by atoms with Crippen molar-refractivity contribution in [3.63, 3.8) is 0 Å². The zero-order valence-electron chi connectivity index (χ0n) is 9.40. The van der Waals surface area contributed by atoms with Crippen LogP contribution in [-0.4, -0.2) is 0 Å². The highest BCUT2D eigenvalue weighted by atomic mass is 14.9. The Kier molecular flexibility index (Phi) is 2.31. The Bertz CT molecular complexity index is 598. The first-order chi connectivity index (χ1) is 8.38. The third-order valence-corrected chi connectivity index (χ3v) is 3.14. The van der Waals surface area contributed by atoms with Gasteiger partial charge in [0.2, 0.25) is 0 Å². The van der Waals surface area contributed by atoms with E-state index in [1.54, 1.807) is 0 Å². The molecule has 3 rings (SSSR count). The molecule has 0 atom stereocenters. The molecule has 1 heterocycles. The van der Waals surface area contributed by atoms with Gasteiger partial charge in [-0.25, -0.2) is 0 Å². The molecule has 1 aromatic carbocycles. The van der Waals surface area contributed by atoms with E-state index >= 15 is 0 Å². The molecule has 82 valence electrons. The van der Waals surface area contributed by atoms with Crippen LogP contribution in [0.2, 0.25) is 0 Å².